The second-order valence-electron chi connectivity index (χ2n) is 5.33. The van der Waals surface area contributed by atoms with E-state index in [0.29, 0.717) is 0 Å². The highest BCUT2D eigenvalue weighted by atomic mass is 15.0. The van der Waals surface area contributed by atoms with Crippen molar-refractivity contribution in [3.63, 3.8) is 0 Å². The summed E-state index contributed by atoms with van der Waals surface area (Å²) in [6.07, 6.45) is 0. The van der Waals surface area contributed by atoms with Crippen molar-refractivity contribution in [3.8, 4) is 0 Å². The van der Waals surface area contributed by atoms with Crippen LogP contribution in [0.2, 0.25) is 0 Å². The van der Waals surface area contributed by atoms with E-state index in [1.54, 1.807) is 0 Å². The van der Waals surface area contributed by atoms with Gasteiger partial charge >= 0.3 is 0 Å². The van der Waals surface area contributed by atoms with Gasteiger partial charge in [0.25, 0.3) is 0 Å². The standard InChI is InChI=1S/C13H24N4/c1-7-8(13(2,3)4)10(15)12(17-6)11(16-5)9(7)14/h16-17H,14-15H2,1-6H3. The molecule has 1 aromatic carbocycles. The van der Waals surface area contributed by atoms with Gasteiger partial charge in [0.2, 0.25) is 0 Å². The zero-order valence-corrected chi connectivity index (χ0v) is 11.7. The highest BCUT2D eigenvalue weighted by molar-refractivity contribution is 5.94. The van der Waals surface area contributed by atoms with Crippen molar-refractivity contribution in [3.05, 3.63) is 11.1 Å². The number of nitrogen functional groups attached to an aromatic ring is 2. The number of rotatable bonds is 2. The molecule has 96 valence electrons. The number of benzene rings is 1. The van der Waals surface area contributed by atoms with Gasteiger partial charge in [-0.1, -0.05) is 20.8 Å². The molecular weight excluding hydrogens is 212 g/mol. The smallest absolute Gasteiger partial charge is 0.0831 e. The van der Waals surface area contributed by atoms with Crippen LogP contribution in [0.1, 0.15) is 31.9 Å². The van der Waals surface area contributed by atoms with Crippen LogP contribution in [0.3, 0.4) is 0 Å². The molecule has 0 bridgehead atoms. The Labute approximate surface area is 104 Å². The minimum absolute atomic E-state index is 0.0276. The SMILES string of the molecule is CNc1c(N)c(C)c(C(C)(C)C)c(N)c1NC. The maximum Gasteiger partial charge on any atom is 0.0831 e. The molecule has 0 radical (unpaired) electrons. The zero-order valence-electron chi connectivity index (χ0n) is 11.7. The fraction of sp³-hybridized carbons (Fsp3) is 0.538. The Bertz CT molecular complexity index is 430. The monoisotopic (exact) mass is 236 g/mol. The fourth-order valence-corrected chi connectivity index (χ4v) is 2.40. The lowest BCUT2D eigenvalue weighted by Crippen LogP contribution is -2.19. The van der Waals surface area contributed by atoms with E-state index in [4.69, 9.17) is 11.5 Å². The molecule has 1 rings (SSSR count). The molecule has 0 heterocycles. The second kappa shape index (κ2) is 4.35. The van der Waals surface area contributed by atoms with Gasteiger partial charge in [0, 0.05) is 14.1 Å². The van der Waals surface area contributed by atoms with Crippen molar-refractivity contribution in [1.29, 1.82) is 0 Å². The number of hydrogen-bond acceptors (Lipinski definition) is 4. The van der Waals surface area contributed by atoms with E-state index in [0.717, 1.165) is 33.9 Å². The van der Waals surface area contributed by atoms with Crippen LogP contribution in [0.25, 0.3) is 0 Å². The molecule has 0 spiro atoms. The van der Waals surface area contributed by atoms with Crippen LogP contribution in [0.15, 0.2) is 0 Å². The topological polar surface area (TPSA) is 76.1 Å². The Morgan fingerprint density at radius 1 is 0.882 bits per heavy atom. The number of anilines is 4. The summed E-state index contributed by atoms with van der Waals surface area (Å²) >= 11 is 0. The van der Waals surface area contributed by atoms with Crippen LogP contribution in [-0.2, 0) is 5.41 Å². The van der Waals surface area contributed by atoms with Gasteiger partial charge in [0.15, 0.2) is 0 Å². The van der Waals surface area contributed by atoms with Gasteiger partial charge in [-0.15, -0.1) is 0 Å². The molecule has 0 aliphatic heterocycles. The van der Waals surface area contributed by atoms with Crippen LogP contribution in [0.4, 0.5) is 22.7 Å². The molecule has 0 fully saturated rings. The molecule has 4 nitrogen and oxygen atoms in total. The summed E-state index contributed by atoms with van der Waals surface area (Å²) in [4.78, 5) is 0. The van der Waals surface area contributed by atoms with E-state index in [1.165, 1.54) is 0 Å². The fourth-order valence-electron chi connectivity index (χ4n) is 2.40. The zero-order chi connectivity index (χ0) is 13.4. The van der Waals surface area contributed by atoms with Crippen LogP contribution < -0.4 is 22.1 Å². The Morgan fingerprint density at radius 3 is 1.65 bits per heavy atom. The average molecular weight is 236 g/mol. The largest absolute Gasteiger partial charge is 0.397 e. The van der Waals surface area contributed by atoms with E-state index < -0.39 is 0 Å². The summed E-state index contributed by atoms with van der Waals surface area (Å²) < 4.78 is 0. The summed E-state index contributed by atoms with van der Waals surface area (Å²) in [5.74, 6) is 0. The van der Waals surface area contributed by atoms with Crippen LogP contribution in [0, 0.1) is 6.92 Å². The van der Waals surface area contributed by atoms with Crippen molar-refractivity contribution in [2.45, 2.75) is 33.1 Å². The van der Waals surface area contributed by atoms with Gasteiger partial charge in [-0.05, 0) is 23.5 Å². The van der Waals surface area contributed by atoms with E-state index in [1.807, 2.05) is 21.0 Å². The summed E-state index contributed by atoms with van der Waals surface area (Å²) in [5.41, 5.74) is 17.9. The number of nitrogens with two attached hydrogens (primary N) is 2. The Kier molecular flexibility index (Phi) is 3.45. The molecule has 0 amide bonds. The van der Waals surface area contributed by atoms with E-state index in [-0.39, 0.29) is 5.41 Å². The van der Waals surface area contributed by atoms with E-state index in [2.05, 4.69) is 31.4 Å². The molecule has 0 atom stereocenters. The van der Waals surface area contributed by atoms with Crippen molar-refractivity contribution < 1.29 is 0 Å². The van der Waals surface area contributed by atoms with Crippen LogP contribution >= 0.6 is 0 Å². The Morgan fingerprint density at radius 2 is 1.29 bits per heavy atom. The first kappa shape index (κ1) is 13.5. The van der Waals surface area contributed by atoms with Gasteiger partial charge in [0.05, 0.1) is 22.7 Å². The molecule has 0 saturated carbocycles. The average Bonchev–Trinajstić information content (AvgIpc) is 2.21. The van der Waals surface area contributed by atoms with Gasteiger partial charge in [-0.25, -0.2) is 0 Å². The lowest BCUT2D eigenvalue weighted by molar-refractivity contribution is 0.589. The van der Waals surface area contributed by atoms with Crippen molar-refractivity contribution in [2.24, 2.45) is 0 Å². The van der Waals surface area contributed by atoms with Crippen molar-refractivity contribution >= 4 is 22.7 Å². The summed E-state index contributed by atoms with van der Waals surface area (Å²) in [6.45, 7) is 8.45. The third kappa shape index (κ3) is 2.12. The first-order valence-corrected chi connectivity index (χ1v) is 5.83. The summed E-state index contributed by atoms with van der Waals surface area (Å²) in [7, 11) is 3.70. The predicted molar refractivity (Wildman–Crippen MR) is 77.8 cm³/mol. The molecule has 0 aliphatic carbocycles. The second-order valence-corrected chi connectivity index (χ2v) is 5.33. The molecular formula is C13H24N4. The first-order valence-electron chi connectivity index (χ1n) is 5.83. The molecule has 0 unspecified atom stereocenters. The molecule has 0 aliphatic rings. The number of hydrogen-bond donors (Lipinski definition) is 4. The van der Waals surface area contributed by atoms with Gasteiger partial charge in [-0.2, -0.15) is 0 Å². The predicted octanol–water partition coefficient (Wildman–Crippen LogP) is 2.54. The Hall–Kier alpha value is -1.58. The van der Waals surface area contributed by atoms with E-state index in [9.17, 15) is 0 Å². The highest BCUT2D eigenvalue weighted by Gasteiger charge is 2.25. The molecule has 0 saturated heterocycles. The molecule has 4 heteroatoms. The maximum atomic E-state index is 6.27. The first-order chi connectivity index (χ1) is 7.75. The Balaban J connectivity index is 3.71. The quantitative estimate of drug-likeness (QED) is 0.595. The molecule has 6 N–H and O–H groups in total. The van der Waals surface area contributed by atoms with Gasteiger partial charge in [-0.3, -0.25) is 0 Å². The summed E-state index contributed by atoms with van der Waals surface area (Å²) in [6, 6.07) is 0. The number of nitrogens with one attached hydrogen (secondary N) is 2. The normalized spacial score (nSPS) is 11.4. The van der Waals surface area contributed by atoms with Crippen molar-refractivity contribution in [1.82, 2.24) is 0 Å². The minimum atomic E-state index is -0.0276. The van der Waals surface area contributed by atoms with Crippen LogP contribution in [-0.4, -0.2) is 14.1 Å². The lowest BCUT2D eigenvalue weighted by atomic mass is 9.81. The molecule has 0 aromatic heterocycles. The van der Waals surface area contributed by atoms with Gasteiger partial charge in [0.1, 0.15) is 0 Å². The third-order valence-corrected chi connectivity index (χ3v) is 3.09. The molecule has 1 aromatic rings. The minimum Gasteiger partial charge on any atom is -0.397 e. The van der Waals surface area contributed by atoms with Crippen LogP contribution in [0.5, 0.6) is 0 Å². The van der Waals surface area contributed by atoms with Crippen molar-refractivity contribution in [2.75, 3.05) is 36.2 Å². The highest BCUT2D eigenvalue weighted by Crippen LogP contribution is 2.44. The van der Waals surface area contributed by atoms with Gasteiger partial charge < -0.3 is 22.1 Å². The summed E-state index contributed by atoms with van der Waals surface area (Å²) in [5, 5.41) is 6.24. The third-order valence-electron chi connectivity index (χ3n) is 3.09. The lowest BCUT2D eigenvalue weighted by Gasteiger charge is -2.28. The maximum absolute atomic E-state index is 6.27. The van der Waals surface area contributed by atoms with E-state index >= 15 is 0 Å². The molecule has 17 heavy (non-hydrogen) atoms.